The fourth-order valence-corrected chi connectivity index (χ4v) is 1.29. The summed E-state index contributed by atoms with van der Waals surface area (Å²) in [4.78, 5) is 0. The van der Waals surface area contributed by atoms with E-state index in [2.05, 4.69) is 0 Å². The van der Waals surface area contributed by atoms with E-state index in [0.717, 1.165) is 16.9 Å². The Morgan fingerprint density at radius 3 is 2.69 bits per heavy atom. The maximum atomic E-state index is 8.88. The van der Waals surface area contributed by atoms with Gasteiger partial charge in [0.05, 0.1) is 19.8 Å². The molecule has 1 rings (SSSR count). The van der Waals surface area contributed by atoms with Crippen LogP contribution in [0.1, 0.15) is 17.2 Å². The lowest BCUT2D eigenvalue weighted by Crippen LogP contribution is -2.15. The van der Waals surface area contributed by atoms with Gasteiger partial charge in [-0.15, -0.1) is 0 Å². The topological polar surface area (TPSA) is 55.5 Å². The number of hydrogen-bond acceptors (Lipinski definition) is 3. The van der Waals surface area contributed by atoms with Gasteiger partial charge in [-0.05, 0) is 30.2 Å². The fraction of sp³-hybridized carbons (Fsp3) is 0.400. The van der Waals surface area contributed by atoms with Crippen molar-refractivity contribution in [2.75, 3.05) is 13.7 Å². The molecule has 0 bridgehead atoms. The van der Waals surface area contributed by atoms with Crippen LogP contribution in [0.15, 0.2) is 18.2 Å². The van der Waals surface area contributed by atoms with Gasteiger partial charge in [0.2, 0.25) is 0 Å². The van der Waals surface area contributed by atoms with Crippen molar-refractivity contribution in [2.45, 2.75) is 13.0 Å². The zero-order valence-electron chi connectivity index (χ0n) is 7.95. The molecule has 3 nitrogen and oxygen atoms in total. The van der Waals surface area contributed by atoms with Crippen LogP contribution in [-0.2, 0) is 0 Å². The summed E-state index contributed by atoms with van der Waals surface area (Å²) in [5.74, 6) is 0.811. The van der Waals surface area contributed by atoms with E-state index in [1.165, 1.54) is 0 Å². The number of rotatable bonds is 3. The average Bonchev–Trinajstić information content (AvgIpc) is 2.16. The van der Waals surface area contributed by atoms with Crippen LogP contribution in [0, 0.1) is 6.92 Å². The molecule has 0 radical (unpaired) electrons. The summed E-state index contributed by atoms with van der Waals surface area (Å²) in [6, 6.07) is 5.34. The quantitative estimate of drug-likeness (QED) is 0.731. The van der Waals surface area contributed by atoms with Crippen molar-refractivity contribution in [3.8, 4) is 5.75 Å². The minimum Gasteiger partial charge on any atom is -0.497 e. The Balaban J connectivity index is 2.98. The van der Waals surface area contributed by atoms with Crippen molar-refractivity contribution in [2.24, 2.45) is 5.73 Å². The molecule has 13 heavy (non-hydrogen) atoms. The van der Waals surface area contributed by atoms with Gasteiger partial charge >= 0.3 is 0 Å². The van der Waals surface area contributed by atoms with Crippen LogP contribution < -0.4 is 10.5 Å². The molecular weight excluding hydrogens is 166 g/mol. The lowest BCUT2D eigenvalue weighted by molar-refractivity contribution is 0.267. The second-order valence-corrected chi connectivity index (χ2v) is 3.01. The van der Waals surface area contributed by atoms with Gasteiger partial charge in [0, 0.05) is 0 Å². The molecule has 0 aliphatic rings. The normalized spacial score (nSPS) is 12.6. The number of benzene rings is 1. The van der Waals surface area contributed by atoms with E-state index < -0.39 is 0 Å². The third-order valence-electron chi connectivity index (χ3n) is 2.07. The van der Waals surface area contributed by atoms with Crippen molar-refractivity contribution < 1.29 is 9.84 Å². The molecule has 0 aliphatic heterocycles. The number of methoxy groups -OCH3 is 1. The summed E-state index contributed by atoms with van der Waals surface area (Å²) < 4.78 is 5.06. The van der Waals surface area contributed by atoms with Crippen LogP contribution in [0.25, 0.3) is 0 Å². The molecule has 3 heteroatoms. The predicted octanol–water partition coefficient (Wildman–Crippen LogP) is 0.996. The first kappa shape index (κ1) is 10.0. The first-order valence-electron chi connectivity index (χ1n) is 4.20. The minimum absolute atomic E-state index is 0.0346. The summed E-state index contributed by atoms with van der Waals surface area (Å²) in [6.45, 7) is 1.92. The molecule has 0 saturated carbocycles. The highest BCUT2D eigenvalue weighted by molar-refractivity contribution is 5.36. The first-order valence-corrected chi connectivity index (χ1v) is 4.20. The molecule has 0 unspecified atom stereocenters. The monoisotopic (exact) mass is 181 g/mol. The molecule has 0 saturated heterocycles. The molecule has 3 N–H and O–H groups in total. The minimum atomic E-state index is -0.300. The number of ether oxygens (including phenoxy) is 1. The highest BCUT2D eigenvalue weighted by Crippen LogP contribution is 2.20. The van der Waals surface area contributed by atoms with Gasteiger partial charge in [-0.25, -0.2) is 0 Å². The number of aliphatic hydroxyl groups excluding tert-OH is 1. The summed E-state index contributed by atoms with van der Waals surface area (Å²) in [5.41, 5.74) is 7.70. The Bertz CT molecular complexity index is 286. The van der Waals surface area contributed by atoms with Crippen molar-refractivity contribution >= 4 is 0 Å². The standard InChI is InChI=1S/C10H15NO2/c1-7-5-8(13-2)3-4-9(7)10(11)6-12/h3-5,10,12H,6,11H2,1-2H3/t10-/m0/s1. The third kappa shape index (κ3) is 2.20. The first-order chi connectivity index (χ1) is 6.19. The van der Waals surface area contributed by atoms with E-state index in [-0.39, 0.29) is 12.6 Å². The Morgan fingerprint density at radius 1 is 1.54 bits per heavy atom. The molecule has 0 heterocycles. The van der Waals surface area contributed by atoms with Crippen molar-refractivity contribution in [3.05, 3.63) is 29.3 Å². The number of nitrogens with two attached hydrogens (primary N) is 1. The van der Waals surface area contributed by atoms with E-state index in [4.69, 9.17) is 15.6 Å². The largest absolute Gasteiger partial charge is 0.497 e. The van der Waals surface area contributed by atoms with Crippen LogP contribution in [0.5, 0.6) is 5.75 Å². The maximum Gasteiger partial charge on any atom is 0.119 e. The predicted molar refractivity (Wildman–Crippen MR) is 51.7 cm³/mol. The van der Waals surface area contributed by atoms with Gasteiger partial charge in [-0.2, -0.15) is 0 Å². The van der Waals surface area contributed by atoms with E-state index in [0.29, 0.717) is 0 Å². The van der Waals surface area contributed by atoms with Crippen molar-refractivity contribution in [1.29, 1.82) is 0 Å². The van der Waals surface area contributed by atoms with Crippen LogP contribution in [0.4, 0.5) is 0 Å². The lowest BCUT2D eigenvalue weighted by atomic mass is 10.0. The Hall–Kier alpha value is -1.06. The molecule has 1 aromatic carbocycles. The van der Waals surface area contributed by atoms with Crippen LogP contribution in [-0.4, -0.2) is 18.8 Å². The molecule has 0 fully saturated rings. The zero-order valence-corrected chi connectivity index (χ0v) is 7.95. The molecule has 0 aromatic heterocycles. The lowest BCUT2D eigenvalue weighted by Gasteiger charge is -2.12. The molecule has 1 atom stereocenters. The Labute approximate surface area is 78.1 Å². The summed E-state index contributed by atoms with van der Waals surface area (Å²) in [7, 11) is 1.63. The highest BCUT2D eigenvalue weighted by atomic mass is 16.5. The van der Waals surface area contributed by atoms with Crippen molar-refractivity contribution in [3.63, 3.8) is 0 Å². The molecule has 0 aliphatic carbocycles. The van der Waals surface area contributed by atoms with Gasteiger partial charge in [0.25, 0.3) is 0 Å². The molecule has 1 aromatic rings. The van der Waals surface area contributed by atoms with Gasteiger partial charge in [0.15, 0.2) is 0 Å². The highest BCUT2D eigenvalue weighted by Gasteiger charge is 2.07. The number of aryl methyl sites for hydroxylation is 1. The summed E-state index contributed by atoms with van der Waals surface area (Å²) >= 11 is 0. The second-order valence-electron chi connectivity index (χ2n) is 3.01. The summed E-state index contributed by atoms with van der Waals surface area (Å²) in [6.07, 6.45) is 0. The van der Waals surface area contributed by atoms with E-state index >= 15 is 0 Å². The van der Waals surface area contributed by atoms with Crippen LogP contribution in [0.2, 0.25) is 0 Å². The second kappa shape index (κ2) is 4.25. The van der Waals surface area contributed by atoms with Gasteiger partial charge in [-0.3, -0.25) is 0 Å². The summed E-state index contributed by atoms with van der Waals surface area (Å²) in [5, 5.41) is 8.88. The molecule has 0 spiro atoms. The van der Waals surface area contributed by atoms with Gasteiger partial charge in [-0.1, -0.05) is 6.07 Å². The maximum absolute atomic E-state index is 8.88. The molecule has 0 amide bonds. The fourth-order valence-electron chi connectivity index (χ4n) is 1.29. The number of hydrogen-bond donors (Lipinski definition) is 2. The SMILES string of the molecule is COc1ccc([C@@H](N)CO)c(C)c1. The zero-order chi connectivity index (χ0) is 9.84. The van der Waals surface area contributed by atoms with E-state index in [9.17, 15) is 0 Å². The van der Waals surface area contributed by atoms with Gasteiger partial charge in [0.1, 0.15) is 5.75 Å². The van der Waals surface area contributed by atoms with Crippen LogP contribution >= 0.6 is 0 Å². The Kier molecular flexibility index (Phi) is 3.28. The average molecular weight is 181 g/mol. The Morgan fingerprint density at radius 2 is 2.23 bits per heavy atom. The van der Waals surface area contributed by atoms with Gasteiger partial charge < -0.3 is 15.6 Å². The van der Waals surface area contributed by atoms with Crippen molar-refractivity contribution in [1.82, 2.24) is 0 Å². The van der Waals surface area contributed by atoms with E-state index in [1.807, 2.05) is 25.1 Å². The van der Waals surface area contributed by atoms with E-state index in [1.54, 1.807) is 7.11 Å². The molecule has 72 valence electrons. The third-order valence-corrected chi connectivity index (χ3v) is 2.07. The smallest absolute Gasteiger partial charge is 0.119 e. The number of aliphatic hydroxyl groups is 1. The molecular formula is C10H15NO2. The van der Waals surface area contributed by atoms with Crippen LogP contribution in [0.3, 0.4) is 0 Å².